The van der Waals surface area contributed by atoms with Crippen LogP contribution in [0.1, 0.15) is 19.4 Å². The zero-order valence-electron chi connectivity index (χ0n) is 11.6. The third-order valence-electron chi connectivity index (χ3n) is 3.00. The molecule has 0 fully saturated rings. The molecular weight excluding hydrogens is 210 g/mol. The zero-order chi connectivity index (χ0) is 13.0. The summed E-state index contributed by atoms with van der Waals surface area (Å²) in [5.74, 6) is 0.583. The minimum atomic E-state index is 0.437. The molecule has 1 unspecified atom stereocenters. The van der Waals surface area contributed by atoms with Crippen molar-refractivity contribution in [2.75, 3.05) is 31.7 Å². The molecule has 0 bridgehead atoms. The first-order chi connectivity index (χ1) is 7.90. The topological polar surface area (TPSA) is 41.3 Å². The predicted octanol–water partition coefficient (Wildman–Crippen LogP) is 2.58. The minimum absolute atomic E-state index is 0.437. The van der Waals surface area contributed by atoms with Crippen molar-refractivity contribution >= 4 is 11.4 Å². The van der Waals surface area contributed by atoms with Crippen LogP contribution in [0, 0.1) is 12.8 Å². The molecule has 0 radical (unpaired) electrons. The van der Waals surface area contributed by atoms with Gasteiger partial charge in [-0.1, -0.05) is 19.9 Å². The number of anilines is 2. The number of nitrogens with zero attached hydrogens (tertiary/aromatic N) is 1. The number of nitrogens with two attached hydrogens (primary N) is 1. The molecule has 0 aliphatic heterocycles. The van der Waals surface area contributed by atoms with Crippen LogP contribution in [0.3, 0.4) is 0 Å². The van der Waals surface area contributed by atoms with Gasteiger partial charge in [0.2, 0.25) is 0 Å². The van der Waals surface area contributed by atoms with E-state index in [1.807, 2.05) is 13.0 Å². The molecule has 0 saturated heterocycles. The predicted molar refractivity (Wildman–Crippen MR) is 76.4 cm³/mol. The molecule has 0 aliphatic carbocycles. The number of nitrogen functional groups attached to an aromatic ring is 1. The maximum atomic E-state index is 5.92. The molecule has 0 aliphatic rings. The largest absolute Gasteiger partial charge is 0.398 e. The molecule has 0 spiro atoms. The van der Waals surface area contributed by atoms with Crippen LogP contribution >= 0.6 is 0 Å². The van der Waals surface area contributed by atoms with Crippen LogP contribution in [0.25, 0.3) is 0 Å². The van der Waals surface area contributed by atoms with Gasteiger partial charge in [-0.05, 0) is 44.6 Å². The number of rotatable bonds is 5. The van der Waals surface area contributed by atoms with E-state index in [0.717, 1.165) is 23.5 Å². The maximum Gasteiger partial charge on any atom is 0.0411 e. The molecule has 3 N–H and O–H groups in total. The molecule has 1 rings (SSSR count). The van der Waals surface area contributed by atoms with Gasteiger partial charge in [0.15, 0.2) is 0 Å². The summed E-state index contributed by atoms with van der Waals surface area (Å²) in [6, 6.07) is 6.61. The van der Waals surface area contributed by atoms with E-state index >= 15 is 0 Å². The molecule has 1 aromatic rings. The van der Waals surface area contributed by atoms with Crippen molar-refractivity contribution in [1.82, 2.24) is 4.90 Å². The zero-order valence-corrected chi connectivity index (χ0v) is 11.6. The fourth-order valence-electron chi connectivity index (χ4n) is 1.76. The van der Waals surface area contributed by atoms with E-state index in [1.165, 1.54) is 0 Å². The minimum Gasteiger partial charge on any atom is -0.398 e. The molecule has 0 aromatic heterocycles. The molecule has 3 heteroatoms. The standard InChI is InChI=1S/C14H25N3/c1-10(2)14(9-17(4)5)16-12-7-6-11(3)13(15)8-12/h6-8,10,14,16H,9,15H2,1-5H3. The normalized spacial score (nSPS) is 13.1. The number of hydrogen-bond acceptors (Lipinski definition) is 3. The Morgan fingerprint density at radius 1 is 1.29 bits per heavy atom. The summed E-state index contributed by atoms with van der Waals surface area (Å²) in [7, 11) is 4.20. The van der Waals surface area contributed by atoms with Crippen LogP contribution in [0.2, 0.25) is 0 Å². The molecule has 96 valence electrons. The summed E-state index contributed by atoms with van der Waals surface area (Å²) in [6.07, 6.45) is 0. The van der Waals surface area contributed by atoms with E-state index in [9.17, 15) is 0 Å². The van der Waals surface area contributed by atoms with Gasteiger partial charge in [-0.3, -0.25) is 0 Å². The van der Waals surface area contributed by atoms with Crippen molar-refractivity contribution in [3.05, 3.63) is 23.8 Å². The summed E-state index contributed by atoms with van der Waals surface area (Å²) in [5.41, 5.74) is 9.01. The smallest absolute Gasteiger partial charge is 0.0411 e. The first-order valence-corrected chi connectivity index (χ1v) is 6.17. The molecule has 0 saturated carbocycles. The second-order valence-electron chi connectivity index (χ2n) is 5.33. The first kappa shape index (κ1) is 13.8. The van der Waals surface area contributed by atoms with Gasteiger partial charge in [0.25, 0.3) is 0 Å². The van der Waals surface area contributed by atoms with Crippen LogP contribution in [-0.2, 0) is 0 Å². The highest BCUT2D eigenvalue weighted by Crippen LogP contribution is 2.19. The van der Waals surface area contributed by atoms with Gasteiger partial charge in [0.05, 0.1) is 0 Å². The van der Waals surface area contributed by atoms with Crippen LogP contribution in [0.15, 0.2) is 18.2 Å². The van der Waals surface area contributed by atoms with E-state index in [2.05, 4.69) is 50.3 Å². The van der Waals surface area contributed by atoms with Gasteiger partial charge in [-0.25, -0.2) is 0 Å². The second-order valence-corrected chi connectivity index (χ2v) is 5.33. The average molecular weight is 235 g/mol. The molecular formula is C14H25N3. The summed E-state index contributed by atoms with van der Waals surface area (Å²) in [4.78, 5) is 2.20. The van der Waals surface area contributed by atoms with Crippen molar-refractivity contribution in [2.24, 2.45) is 5.92 Å². The number of benzene rings is 1. The Morgan fingerprint density at radius 2 is 1.94 bits per heavy atom. The van der Waals surface area contributed by atoms with Crippen LogP contribution in [0.4, 0.5) is 11.4 Å². The lowest BCUT2D eigenvalue weighted by atomic mass is 10.0. The lowest BCUT2D eigenvalue weighted by Crippen LogP contribution is -2.36. The van der Waals surface area contributed by atoms with E-state index < -0.39 is 0 Å². The lowest BCUT2D eigenvalue weighted by Gasteiger charge is -2.26. The number of nitrogens with one attached hydrogen (secondary N) is 1. The van der Waals surface area contributed by atoms with Gasteiger partial charge in [0.1, 0.15) is 0 Å². The van der Waals surface area contributed by atoms with Crippen molar-refractivity contribution in [2.45, 2.75) is 26.8 Å². The van der Waals surface area contributed by atoms with E-state index in [0.29, 0.717) is 12.0 Å². The summed E-state index contributed by atoms with van der Waals surface area (Å²) in [6.45, 7) is 7.52. The highest BCUT2D eigenvalue weighted by Gasteiger charge is 2.14. The fraction of sp³-hybridized carbons (Fsp3) is 0.571. The fourth-order valence-corrected chi connectivity index (χ4v) is 1.76. The number of aryl methyl sites for hydroxylation is 1. The molecule has 17 heavy (non-hydrogen) atoms. The molecule has 0 amide bonds. The Morgan fingerprint density at radius 3 is 2.41 bits per heavy atom. The SMILES string of the molecule is Cc1ccc(NC(CN(C)C)C(C)C)cc1N. The summed E-state index contributed by atoms with van der Waals surface area (Å²) < 4.78 is 0. The molecule has 0 heterocycles. The summed E-state index contributed by atoms with van der Waals surface area (Å²) >= 11 is 0. The Labute approximate surface area is 105 Å². The Bertz CT molecular complexity index is 358. The molecule has 1 aromatic carbocycles. The van der Waals surface area contributed by atoms with Crippen LogP contribution in [-0.4, -0.2) is 31.6 Å². The van der Waals surface area contributed by atoms with E-state index in [4.69, 9.17) is 5.73 Å². The number of hydrogen-bond donors (Lipinski definition) is 2. The third-order valence-corrected chi connectivity index (χ3v) is 3.00. The van der Waals surface area contributed by atoms with Gasteiger partial charge in [-0.2, -0.15) is 0 Å². The van der Waals surface area contributed by atoms with E-state index in [-0.39, 0.29) is 0 Å². The maximum absolute atomic E-state index is 5.92. The highest BCUT2D eigenvalue weighted by molar-refractivity contribution is 5.58. The van der Waals surface area contributed by atoms with Crippen molar-refractivity contribution < 1.29 is 0 Å². The van der Waals surface area contributed by atoms with Gasteiger partial charge in [-0.15, -0.1) is 0 Å². The Kier molecular flexibility index (Phi) is 4.82. The second kappa shape index (κ2) is 5.92. The van der Waals surface area contributed by atoms with Gasteiger partial charge >= 0.3 is 0 Å². The van der Waals surface area contributed by atoms with Crippen molar-refractivity contribution in [3.8, 4) is 0 Å². The summed E-state index contributed by atoms with van der Waals surface area (Å²) in [5, 5.41) is 3.56. The third kappa shape index (κ3) is 4.27. The number of likely N-dealkylation sites (N-methyl/N-ethyl adjacent to an activating group) is 1. The van der Waals surface area contributed by atoms with Gasteiger partial charge < -0.3 is 16.0 Å². The van der Waals surface area contributed by atoms with E-state index in [1.54, 1.807) is 0 Å². The first-order valence-electron chi connectivity index (χ1n) is 6.17. The Hall–Kier alpha value is -1.22. The van der Waals surface area contributed by atoms with Crippen LogP contribution in [0.5, 0.6) is 0 Å². The molecule has 3 nitrogen and oxygen atoms in total. The van der Waals surface area contributed by atoms with Crippen molar-refractivity contribution in [1.29, 1.82) is 0 Å². The monoisotopic (exact) mass is 235 g/mol. The lowest BCUT2D eigenvalue weighted by molar-refractivity contribution is 0.344. The quantitative estimate of drug-likeness (QED) is 0.771. The van der Waals surface area contributed by atoms with Crippen molar-refractivity contribution in [3.63, 3.8) is 0 Å². The Balaban J connectivity index is 2.75. The van der Waals surface area contributed by atoms with Crippen LogP contribution < -0.4 is 11.1 Å². The highest BCUT2D eigenvalue weighted by atomic mass is 15.1. The molecule has 1 atom stereocenters. The average Bonchev–Trinajstić information content (AvgIpc) is 2.21. The van der Waals surface area contributed by atoms with Gasteiger partial charge in [0, 0.05) is 24.0 Å².